The van der Waals surface area contributed by atoms with Crippen molar-refractivity contribution < 1.29 is 14.3 Å². The Labute approximate surface area is 123 Å². The minimum absolute atomic E-state index is 0.141. The molecular formula is C16H31NO3. The van der Waals surface area contributed by atoms with Gasteiger partial charge < -0.3 is 9.47 Å². The summed E-state index contributed by atoms with van der Waals surface area (Å²) in [5, 5.41) is 3.49. The van der Waals surface area contributed by atoms with Crippen LogP contribution in [-0.2, 0) is 14.3 Å². The van der Waals surface area contributed by atoms with Crippen molar-refractivity contribution in [3.05, 3.63) is 0 Å². The van der Waals surface area contributed by atoms with Crippen molar-refractivity contribution in [2.45, 2.75) is 65.0 Å². The standard InChI is InChI=1S/C16H31NO3/c1-12(2)9-16(10-13(3)4,15(18)19-5)17-11-14-7-6-8-20-14/h12-14,17H,6-11H2,1-5H3. The molecule has 1 heterocycles. The van der Waals surface area contributed by atoms with Crippen molar-refractivity contribution in [3.8, 4) is 0 Å². The van der Waals surface area contributed by atoms with E-state index in [1.54, 1.807) is 0 Å². The quantitative estimate of drug-likeness (QED) is 0.697. The van der Waals surface area contributed by atoms with E-state index in [-0.39, 0.29) is 12.1 Å². The highest BCUT2D eigenvalue weighted by molar-refractivity contribution is 5.80. The second-order valence-electron chi connectivity index (χ2n) is 6.79. The number of rotatable bonds is 8. The number of carbonyl (C=O) groups is 1. The van der Waals surface area contributed by atoms with Gasteiger partial charge in [-0.1, -0.05) is 27.7 Å². The number of hydrogen-bond acceptors (Lipinski definition) is 4. The second kappa shape index (κ2) is 7.99. The number of methoxy groups -OCH3 is 1. The van der Waals surface area contributed by atoms with Crippen LogP contribution in [0.3, 0.4) is 0 Å². The first kappa shape index (κ1) is 17.4. The SMILES string of the molecule is COC(=O)C(CC(C)C)(CC(C)C)NCC1CCCO1. The van der Waals surface area contributed by atoms with Gasteiger partial charge in [-0.3, -0.25) is 10.1 Å². The minimum Gasteiger partial charge on any atom is -0.468 e. The Morgan fingerprint density at radius 3 is 2.30 bits per heavy atom. The number of nitrogens with one attached hydrogen (secondary N) is 1. The molecule has 0 radical (unpaired) electrons. The van der Waals surface area contributed by atoms with Gasteiger partial charge in [0.25, 0.3) is 0 Å². The van der Waals surface area contributed by atoms with Crippen LogP contribution in [0.5, 0.6) is 0 Å². The number of ether oxygens (including phenoxy) is 2. The van der Waals surface area contributed by atoms with Crippen LogP contribution < -0.4 is 5.32 Å². The highest BCUT2D eigenvalue weighted by Gasteiger charge is 2.40. The maximum atomic E-state index is 12.4. The zero-order valence-electron chi connectivity index (χ0n) is 13.7. The normalized spacial score (nSPS) is 19.9. The molecule has 0 aliphatic carbocycles. The zero-order chi connectivity index (χ0) is 15.2. The Morgan fingerprint density at radius 2 is 1.90 bits per heavy atom. The highest BCUT2D eigenvalue weighted by atomic mass is 16.5. The molecule has 4 heteroatoms. The molecule has 4 nitrogen and oxygen atoms in total. The van der Waals surface area contributed by atoms with Crippen LogP contribution in [0.4, 0.5) is 0 Å². The lowest BCUT2D eigenvalue weighted by Crippen LogP contribution is -2.56. The van der Waals surface area contributed by atoms with E-state index in [4.69, 9.17) is 9.47 Å². The molecule has 1 saturated heterocycles. The van der Waals surface area contributed by atoms with Crippen molar-refractivity contribution in [2.24, 2.45) is 11.8 Å². The van der Waals surface area contributed by atoms with E-state index in [1.165, 1.54) is 7.11 Å². The van der Waals surface area contributed by atoms with Crippen LogP contribution in [0.15, 0.2) is 0 Å². The smallest absolute Gasteiger partial charge is 0.326 e. The van der Waals surface area contributed by atoms with Gasteiger partial charge in [-0.2, -0.15) is 0 Å². The Hall–Kier alpha value is -0.610. The van der Waals surface area contributed by atoms with Crippen molar-refractivity contribution >= 4 is 5.97 Å². The molecule has 1 rings (SSSR count). The first-order chi connectivity index (χ1) is 9.39. The van der Waals surface area contributed by atoms with Gasteiger partial charge in [0, 0.05) is 13.2 Å². The molecule has 1 unspecified atom stereocenters. The van der Waals surface area contributed by atoms with Crippen LogP contribution in [0.25, 0.3) is 0 Å². The fourth-order valence-corrected chi connectivity index (χ4v) is 3.17. The molecule has 1 fully saturated rings. The summed E-state index contributed by atoms with van der Waals surface area (Å²) in [6.45, 7) is 10.1. The largest absolute Gasteiger partial charge is 0.468 e. The molecule has 20 heavy (non-hydrogen) atoms. The van der Waals surface area contributed by atoms with E-state index in [2.05, 4.69) is 33.0 Å². The van der Waals surface area contributed by atoms with Crippen LogP contribution in [0, 0.1) is 11.8 Å². The van der Waals surface area contributed by atoms with E-state index in [1.807, 2.05) is 0 Å². The van der Waals surface area contributed by atoms with Crippen molar-refractivity contribution in [1.29, 1.82) is 0 Å². The lowest BCUT2D eigenvalue weighted by molar-refractivity contribution is -0.150. The number of carbonyl (C=O) groups excluding carboxylic acids is 1. The van der Waals surface area contributed by atoms with Gasteiger partial charge in [0.2, 0.25) is 0 Å². The fraction of sp³-hybridized carbons (Fsp3) is 0.938. The summed E-state index contributed by atoms with van der Waals surface area (Å²) >= 11 is 0. The van der Waals surface area contributed by atoms with E-state index in [0.29, 0.717) is 11.8 Å². The average Bonchev–Trinajstić information content (AvgIpc) is 2.86. The average molecular weight is 285 g/mol. The molecule has 0 aromatic heterocycles. The van der Waals surface area contributed by atoms with E-state index in [0.717, 1.165) is 38.8 Å². The Morgan fingerprint density at radius 1 is 1.30 bits per heavy atom. The summed E-state index contributed by atoms with van der Waals surface area (Å²) in [5.74, 6) is 0.729. The predicted molar refractivity (Wildman–Crippen MR) is 80.6 cm³/mol. The maximum absolute atomic E-state index is 12.4. The molecule has 0 saturated carbocycles. The summed E-state index contributed by atoms with van der Waals surface area (Å²) in [4.78, 5) is 12.4. The lowest BCUT2D eigenvalue weighted by Gasteiger charge is -2.36. The van der Waals surface area contributed by atoms with E-state index >= 15 is 0 Å². The van der Waals surface area contributed by atoms with Gasteiger partial charge >= 0.3 is 5.97 Å². The van der Waals surface area contributed by atoms with Gasteiger partial charge in [0.05, 0.1) is 13.2 Å². The van der Waals surface area contributed by atoms with Crippen LogP contribution in [0.2, 0.25) is 0 Å². The molecule has 1 atom stereocenters. The van der Waals surface area contributed by atoms with Crippen molar-refractivity contribution in [2.75, 3.05) is 20.3 Å². The Kier molecular flexibility index (Phi) is 6.96. The van der Waals surface area contributed by atoms with Crippen LogP contribution in [0.1, 0.15) is 53.4 Å². The maximum Gasteiger partial charge on any atom is 0.326 e. The van der Waals surface area contributed by atoms with Crippen molar-refractivity contribution in [3.63, 3.8) is 0 Å². The predicted octanol–water partition coefficient (Wildman–Crippen LogP) is 2.76. The summed E-state index contributed by atoms with van der Waals surface area (Å²) < 4.78 is 10.7. The molecule has 0 aromatic carbocycles. The van der Waals surface area contributed by atoms with E-state index < -0.39 is 5.54 Å². The summed E-state index contributed by atoms with van der Waals surface area (Å²) in [6, 6.07) is 0. The third kappa shape index (κ3) is 5.06. The molecule has 1 aliphatic heterocycles. The molecule has 0 amide bonds. The molecule has 1 N–H and O–H groups in total. The highest BCUT2D eigenvalue weighted by Crippen LogP contribution is 2.27. The lowest BCUT2D eigenvalue weighted by atomic mass is 9.81. The molecular weight excluding hydrogens is 254 g/mol. The fourth-order valence-electron chi connectivity index (χ4n) is 3.17. The second-order valence-corrected chi connectivity index (χ2v) is 6.79. The molecule has 0 aromatic rings. The topological polar surface area (TPSA) is 47.6 Å². The Bertz CT molecular complexity index is 286. The molecule has 118 valence electrons. The zero-order valence-corrected chi connectivity index (χ0v) is 13.7. The summed E-state index contributed by atoms with van der Waals surface area (Å²) in [5.41, 5.74) is -0.580. The summed E-state index contributed by atoms with van der Waals surface area (Å²) in [7, 11) is 1.48. The number of esters is 1. The third-order valence-electron chi connectivity index (χ3n) is 3.78. The Balaban J connectivity index is 2.79. The first-order valence-corrected chi connectivity index (χ1v) is 7.84. The van der Waals surface area contributed by atoms with E-state index in [9.17, 15) is 4.79 Å². The first-order valence-electron chi connectivity index (χ1n) is 7.84. The third-order valence-corrected chi connectivity index (χ3v) is 3.78. The van der Waals surface area contributed by atoms with Gasteiger partial charge in [-0.15, -0.1) is 0 Å². The van der Waals surface area contributed by atoms with Gasteiger partial charge in [0.15, 0.2) is 0 Å². The van der Waals surface area contributed by atoms with Gasteiger partial charge in [-0.05, 0) is 37.5 Å². The van der Waals surface area contributed by atoms with Gasteiger partial charge in [-0.25, -0.2) is 0 Å². The van der Waals surface area contributed by atoms with Crippen LogP contribution in [-0.4, -0.2) is 37.9 Å². The molecule has 1 aliphatic rings. The monoisotopic (exact) mass is 285 g/mol. The van der Waals surface area contributed by atoms with Gasteiger partial charge in [0.1, 0.15) is 5.54 Å². The molecule has 0 spiro atoms. The molecule has 0 bridgehead atoms. The summed E-state index contributed by atoms with van der Waals surface area (Å²) in [6.07, 6.45) is 4.02. The van der Waals surface area contributed by atoms with Crippen LogP contribution >= 0.6 is 0 Å². The minimum atomic E-state index is -0.580. The van der Waals surface area contributed by atoms with Crippen molar-refractivity contribution in [1.82, 2.24) is 5.32 Å². The number of hydrogen-bond donors (Lipinski definition) is 1.